The summed E-state index contributed by atoms with van der Waals surface area (Å²) in [5.74, 6) is -3.96. The van der Waals surface area contributed by atoms with Crippen LogP contribution >= 0.6 is 0 Å². The van der Waals surface area contributed by atoms with Crippen molar-refractivity contribution in [1.82, 2.24) is 0 Å². The Hall–Kier alpha value is -4.23. The summed E-state index contributed by atoms with van der Waals surface area (Å²) in [6.07, 6.45) is 9.39. The van der Waals surface area contributed by atoms with E-state index in [2.05, 4.69) is 39.8 Å². The van der Waals surface area contributed by atoms with Gasteiger partial charge in [-0.15, -0.1) is 0 Å². The second-order valence-corrected chi connectivity index (χ2v) is 16.4. The number of nitro benzene ring substituents is 1. The van der Waals surface area contributed by atoms with Crippen LogP contribution in [0.4, 0.5) is 5.69 Å². The SMILES string of the molecule is CC1=C[C@H]2C(=O)O[C@H]3C[C@@H](C/C=C(\C)C[C@@H](C)/C=C/C=C4\CO[C@H]([C@@H]1OC(=O)c1ccc([N+](=O)[O-])cc1)[C@@]42O)O[C@@]1(CC(=O)[C@H](C)[C@@H](/C(C)=C/C(C)C)O1)C3. The van der Waals surface area contributed by atoms with E-state index in [0.29, 0.717) is 24.0 Å². The van der Waals surface area contributed by atoms with Gasteiger partial charge in [0.1, 0.15) is 29.5 Å². The molecule has 3 saturated heterocycles. The van der Waals surface area contributed by atoms with Crippen LogP contribution in [0.5, 0.6) is 0 Å². The number of ketones is 1. The quantitative estimate of drug-likeness (QED) is 0.142. The van der Waals surface area contributed by atoms with Crippen molar-refractivity contribution in [1.29, 1.82) is 0 Å². The van der Waals surface area contributed by atoms with Crippen molar-refractivity contribution in [2.75, 3.05) is 6.61 Å². The van der Waals surface area contributed by atoms with Gasteiger partial charge >= 0.3 is 11.9 Å². The van der Waals surface area contributed by atoms with E-state index in [1.54, 1.807) is 19.1 Å². The first kappa shape index (κ1) is 40.4. The molecule has 0 saturated carbocycles. The maximum atomic E-state index is 14.5. The van der Waals surface area contributed by atoms with Gasteiger partial charge in [-0.25, -0.2) is 4.79 Å². The molecule has 6 rings (SSSR count). The van der Waals surface area contributed by atoms with Crippen molar-refractivity contribution in [2.45, 2.75) is 122 Å². The summed E-state index contributed by atoms with van der Waals surface area (Å²) in [5, 5.41) is 23.9. The number of benzene rings is 1. The Labute approximate surface area is 322 Å². The van der Waals surface area contributed by atoms with Crippen LogP contribution in [0, 0.1) is 33.8 Å². The largest absolute Gasteiger partial charge is 0.462 e. The van der Waals surface area contributed by atoms with Crippen molar-refractivity contribution in [3.8, 4) is 0 Å². The lowest BCUT2D eigenvalue weighted by Crippen LogP contribution is -2.59. The molecule has 0 radical (unpaired) electrons. The normalized spacial score (nSPS) is 38.2. The molecule has 1 N–H and O–H groups in total. The minimum absolute atomic E-state index is 0.0168. The first-order valence-corrected chi connectivity index (χ1v) is 19.3. The minimum atomic E-state index is -1.95. The number of non-ortho nitro benzene ring substituents is 1. The molecule has 10 atom stereocenters. The lowest BCUT2D eigenvalue weighted by molar-refractivity contribution is -0.384. The number of nitro groups is 1. The summed E-state index contributed by atoms with van der Waals surface area (Å²) in [5.41, 5.74) is 0.958. The highest BCUT2D eigenvalue weighted by atomic mass is 16.7. The highest BCUT2D eigenvalue weighted by molar-refractivity contribution is 5.90. The Morgan fingerprint density at radius 3 is 2.53 bits per heavy atom. The highest BCUT2D eigenvalue weighted by Crippen LogP contribution is 2.48. The van der Waals surface area contributed by atoms with E-state index >= 15 is 0 Å². The zero-order valence-electron chi connectivity index (χ0n) is 32.7. The summed E-state index contributed by atoms with van der Waals surface area (Å²) in [6.45, 7) is 13.8. The molecule has 2 bridgehead atoms. The Bertz CT molecular complexity index is 1840. The first-order chi connectivity index (χ1) is 26.0. The number of allylic oxidation sites excluding steroid dienone is 5. The summed E-state index contributed by atoms with van der Waals surface area (Å²) in [6, 6.07) is 5.02. The molecule has 1 aromatic rings. The zero-order chi connectivity index (χ0) is 39.8. The van der Waals surface area contributed by atoms with Crippen LogP contribution in [0.25, 0.3) is 0 Å². The summed E-state index contributed by atoms with van der Waals surface area (Å²) < 4.78 is 31.9. The molecule has 1 aromatic carbocycles. The summed E-state index contributed by atoms with van der Waals surface area (Å²) in [7, 11) is 0. The Balaban J connectivity index is 1.35. The summed E-state index contributed by atoms with van der Waals surface area (Å²) in [4.78, 5) is 52.0. The average Bonchev–Trinajstić information content (AvgIpc) is 3.45. The van der Waals surface area contributed by atoms with Crippen molar-refractivity contribution in [3.63, 3.8) is 0 Å². The van der Waals surface area contributed by atoms with E-state index in [0.717, 1.165) is 17.6 Å². The molecule has 55 heavy (non-hydrogen) atoms. The van der Waals surface area contributed by atoms with Gasteiger partial charge in [0.05, 0.1) is 35.7 Å². The van der Waals surface area contributed by atoms with Crippen molar-refractivity contribution >= 4 is 23.4 Å². The standard InChI is InChI=1S/C43H53NO11/c1-24(2)17-27(5)37-29(7)36(45)22-42(55-37)21-34-20-33(54-42)16-11-26(4)18-25(3)9-8-10-31-23-51-39-38(28(6)19-35(41(47)52-34)43(31,39)48)53-40(46)30-12-14-32(15-13-30)44(49)50/h8-15,17,19,24-25,29,33-35,37-39,48H,16,18,20-23H2,1-7H3/b9-8+,26-11+,27-17+,31-10+/t25-,29-,33+,34-,35-,37+,38+,39+,42-,43+/m0/s1. The third-order valence-electron chi connectivity index (χ3n) is 11.4. The fraction of sp³-hybridized carbons (Fsp3) is 0.558. The van der Waals surface area contributed by atoms with Crippen LogP contribution in [0.3, 0.4) is 0 Å². The first-order valence-electron chi connectivity index (χ1n) is 19.3. The third kappa shape index (κ3) is 8.47. The molecule has 12 heteroatoms. The molecule has 5 aliphatic rings. The molecule has 296 valence electrons. The van der Waals surface area contributed by atoms with Gasteiger partial charge in [-0.1, -0.05) is 69.7 Å². The molecule has 1 aliphatic carbocycles. The van der Waals surface area contributed by atoms with Crippen LogP contribution in [-0.2, 0) is 33.3 Å². The maximum absolute atomic E-state index is 14.5. The van der Waals surface area contributed by atoms with Crippen LogP contribution in [0.1, 0.15) is 90.9 Å². The van der Waals surface area contributed by atoms with Crippen LogP contribution in [0.2, 0.25) is 0 Å². The van der Waals surface area contributed by atoms with Crippen molar-refractivity contribution in [3.05, 3.63) is 98.7 Å². The Morgan fingerprint density at radius 2 is 1.84 bits per heavy atom. The van der Waals surface area contributed by atoms with E-state index in [-0.39, 0.29) is 54.2 Å². The monoisotopic (exact) mass is 759 g/mol. The van der Waals surface area contributed by atoms with Crippen molar-refractivity contribution in [2.24, 2.45) is 23.7 Å². The van der Waals surface area contributed by atoms with Gasteiger partial charge in [0.2, 0.25) is 0 Å². The van der Waals surface area contributed by atoms with Gasteiger partial charge in [0, 0.05) is 30.9 Å². The molecule has 3 fully saturated rings. The van der Waals surface area contributed by atoms with Crippen molar-refractivity contribution < 1.29 is 48.1 Å². The number of carbonyl (C=O) groups is 3. The molecule has 0 amide bonds. The number of hydrogen-bond donors (Lipinski definition) is 1. The van der Waals surface area contributed by atoms with Crippen LogP contribution in [0.15, 0.2) is 83.0 Å². The fourth-order valence-electron chi connectivity index (χ4n) is 8.73. The van der Waals surface area contributed by atoms with Crippen LogP contribution in [-0.4, -0.2) is 76.3 Å². The van der Waals surface area contributed by atoms with E-state index in [1.165, 1.54) is 24.3 Å². The number of aliphatic hydroxyl groups is 1. The molecule has 1 spiro atoms. The average molecular weight is 760 g/mol. The number of rotatable bonds is 5. The molecule has 0 aromatic heterocycles. The summed E-state index contributed by atoms with van der Waals surface area (Å²) >= 11 is 0. The topological polar surface area (TPSA) is 161 Å². The molecule has 0 unspecified atom stereocenters. The highest BCUT2D eigenvalue weighted by Gasteiger charge is 2.61. The number of hydrogen-bond acceptors (Lipinski definition) is 11. The lowest BCUT2D eigenvalue weighted by atomic mass is 9.70. The molecule has 4 aliphatic heterocycles. The number of carbonyl (C=O) groups excluding carboxylic acids is 3. The van der Waals surface area contributed by atoms with Gasteiger partial charge in [-0.2, -0.15) is 0 Å². The zero-order valence-corrected chi connectivity index (χ0v) is 32.7. The Morgan fingerprint density at radius 1 is 1.11 bits per heavy atom. The van der Waals surface area contributed by atoms with Gasteiger partial charge in [0.15, 0.2) is 11.9 Å². The molecular weight excluding hydrogens is 706 g/mol. The van der Waals surface area contributed by atoms with E-state index in [9.17, 15) is 29.6 Å². The van der Waals surface area contributed by atoms with Crippen LogP contribution < -0.4 is 0 Å². The number of esters is 2. The van der Waals surface area contributed by atoms with E-state index in [1.807, 2.05) is 26.0 Å². The predicted octanol–water partition coefficient (Wildman–Crippen LogP) is 7.07. The molecule has 12 nitrogen and oxygen atoms in total. The number of fused-ring (bicyclic) bond motifs is 2. The number of ether oxygens (including phenoxy) is 5. The number of Topliss-reactive ketones (excluding diaryl/α,β-unsaturated/α-hetero) is 1. The van der Waals surface area contributed by atoms with Gasteiger partial charge in [-0.3, -0.25) is 19.7 Å². The third-order valence-corrected chi connectivity index (χ3v) is 11.4. The second kappa shape index (κ2) is 16.1. The number of nitrogens with zero attached hydrogens (tertiary/aromatic N) is 1. The van der Waals surface area contributed by atoms with Gasteiger partial charge in [-0.05, 0) is 74.3 Å². The molecule has 4 heterocycles. The van der Waals surface area contributed by atoms with E-state index in [4.69, 9.17) is 23.7 Å². The second-order valence-electron chi connectivity index (χ2n) is 16.4. The Kier molecular flexibility index (Phi) is 11.8. The predicted molar refractivity (Wildman–Crippen MR) is 203 cm³/mol. The smallest absolute Gasteiger partial charge is 0.338 e. The maximum Gasteiger partial charge on any atom is 0.338 e. The lowest BCUT2D eigenvalue weighted by Gasteiger charge is -2.49. The fourth-order valence-corrected chi connectivity index (χ4v) is 8.73. The van der Waals surface area contributed by atoms with E-state index < -0.39 is 64.7 Å². The molecular formula is C43H53NO11. The van der Waals surface area contributed by atoms with Gasteiger partial charge < -0.3 is 28.8 Å². The van der Waals surface area contributed by atoms with Gasteiger partial charge in [0.25, 0.3) is 5.69 Å². The minimum Gasteiger partial charge on any atom is -0.462 e.